The molecular formula is C23H26ClNO2. The lowest BCUT2D eigenvalue weighted by Gasteiger charge is -2.30. The highest BCUT2D eigenvalue weighted by Gasteiger charge is 2.32. The summed E-state index contributed by atoms with van der Waals surface area (Å²) in [6.07, 6.45) is 7.94. The van der Waals surface area contributed by atoms with E-state index in [1.807, 2.05) is 24.3 Å². The summed E-state index contributed by atoms with van der Waals surface area (Å²) in [6, 6.07) is 15.8. The average molecular weight is 384 g/mol. The number of halogens is 1. The van der Waals surface area contributed by atoms with Crippen molar-refractivity contribution >= 4 is 17.4 Å². The van der Waals surface area contributed by atoms with Gasteiger partial charge in [0.25, 0.3) is 0 Å². The maximum atomic E-state index is 12.5. The summed E-state index contributed by atoms with van der Waals surface area (Å²) in [7, 11) is 0. The van der Waals surface area contributed by atoms with Crippen LogP contribution in [-0.2, 0) is 0 Å². The second-order valence-electron chi connectivity index (χ2n) is 7.64. The van der Waals surface area contributed by atoms with Gasteiger partial charge >= 0.3 is 0 Å². The summed E-state index contributed by atoms with van der Waals surface area (Å²) in [5, 5.41) is 0.633. The van der Waals surface area contributed by atoms with Crippen molar-refractivity contribution in [2.75, 3.05) is 13.2 Å². The molecule has 4 heteroatoms. The molecule has 0 amide bonds. The molecule has 1 saturated heterocycles. The van der Waals surface area contributed by atoms with Crippen molar-refractivity contribution in [2.24, 2.45) is 0 Å². The first kappa shape index (κ1) is 18.5. The second-order valence-corrected chi connectivity index (χ2v) is 8.08. The lowest BCUT2D eigenvalue weighted by atomic mass is 10.0. The van der Waals surface area contributed by atoms with Gasteiger partial charge in [0.05, 0.1) is 0 Å². The Kier molecular flexibility index (Phi) is 5.80. The van der Waals surface area contributed by atoms with Crippen molar-refractivity contribution in [3.63, 3.8) is 0 Å². The highest BCUT2D eigenvalue weighted by atomic mass is 35.5. The van der Waals surface area contributed by atoms with Crippen LogP contribution in [0.25, 0.3) is 0 Å². The summed E-state index contributed by atoms with van der Waals surface area (Å²) >= 11 is 5.89. The molecule has 1 aliphatic heterocycles. The molecular weight excluding hydrogens is 358 g/mol. The molecule has 0 radical (unpaired) electrons. The zero-order chi connectivity index (χ0) is 18.6. The molecule has 4 rings (SSSR count). The lowest BCUT2D eigenvalue weighted by molar-refractivity contribution is 0.103. The van der Waals surface area contributed by atoms with Gasteiger partial charge in [0, 0.05) is 28.2 Å². The van der Waals surface area contributed by atoms with Crippen LogP contribution in [0.3, 0.4) is 0 Å². The Morgan fingerprint density at radius 3 is 2.22 bits per heavy atom. The molecule has 1 saturated carbocycles. The molecule has 142 valence electrons. The SMILES string of the molecule is O=C(c1ccc(Cl)cc1)c1ccc(OCC2CCCN2C2CCCC2)cc1. The quantitative estimate of drug-likeness (QED) is 0.629. The van der Waals surface area contributed by atoms with Gasteiger partial charge in [-0.2, -0.15) is 0 Å². The molecule has 0 N–H and O–H groups in total. The van der Waals surface area contributed by atoms with Crippen LogP contribution >= 0.6 is 11.6 Å². The van der Waals surface area contributed by atoms with Gasteiger partial charge in [-0.05, 0) is 80.8 Å². The Bertz CT molecular complexity index is 766. The summed E-state index contributed by atoms with van der Waals surface area (Å²) in [6.45, 7) is 1.95. The minimum absolute atomic E-state index is 0.00131. The van der Waals surface area contributed by atoms with Gasteiger partial charge in [-0.15, -0.1) is 0 Å². The maximum absolute atomic E-state index is 12.5. The number of rotatable bonds is 6. The zero-order valence-electron chi connectivity index (χ0n) is 15.6. The largest absolute Gasteiger partial charge is 0.492 e. The zero-order valence-corrected chi connectivity index (χ0v) is 16.3. The number of nitrogens with zero attached hydrogens (tertiary/aromatic N) is 1. The van der Waals surface area contributed by atoms with Crippen LogP contribution in [0.4, 0.5) is 0 Å². The summed E-state index contributed by atoms with van der Waals surface area (Å²) in [4.78, 5) is 15.2. The molecule has 3 nitrogen and oxygen atoms in total. The van der Waals surface area contributed by atoms with Crippen molar-refractivity contribution in [3.05, 3.63) is 64.7 Å². The minimum Gasteiger partial charge on any atom is -0.492 e. The first-order valence-corrected chi connectivity index (χ1v) is 10.4. The highest BCUT2D eigenvalue weighted by molar-refractivity contribution is 6.30. The first-order chi connectivity index (χ1) is 13.2. The third kappa shape index (κ3) is 4.36. The second kappa shape index (κ2) is 8.45. The van der Waals surface area contributed by atoms with Crippen molar-refractivity contribution in [2.45, 2.75) is 50.6 Å². The number of ether oxygens (including phenoxy) is 1. The van der Waals surface area contributed by atoms with E-state index < -0.39 is 0 Å². The molecule has 1 aliphatic carbocycles. The number of benzene rings is 2. The average Bonchev–Trinajstić information content (AvgIpc) is 3.38. The van der Waals surface area contributed by atoms with Gasteiger partial charge in [0.15, 0.2) is 5.78 Å². The number of ketones is 1. The molecule has 2 aromatic carbocycles. The van der Waals surface area contributed by atoms with Gasteiger partial charge in [0.2, 0.25) is 0 Å². The number of carbonyl (C=O) groups excluding carboxylic acids is 1. The van der Waals surface area contributed by atoms with Crippen LogP contribution < -0.4 is 4.74 Å². The van der Waals surface area contributed by atoms with Gasteiger partial charge in [-0.25, -0.2) is 0 Å². The summed E-state index contributed by atoms with van der Waals surface area (Å²) in [5.41, 5.74) is 1.31. The molecule has 1 unspecified atom stereocenters. The number of hydrogen-bond donors (Lipinski definition) is 0. The van der Waals surface area contributed by atoms with E-state index in [4.69, 9.17) is 16.3 Å². The topological polar surface area (TPSA) is 29.5 Å². The molecule has 27 heavy (non-hydrogen) atoms. The van der Waals surface area contributed by atoms with E-state index >= 15 is 0 Å². The number of carbonyl (C=O) groups is 1. The van der Waals surface area contributed by atoms with Gasteiger partial charge < -0.3 is 4.74 Å². The van der Waals surface area contributed by atoms with E-state index in [1.165, 1.54) is 45.1 Å². The van der Waals surface area contributed by atoms with E-state index in [0.717, 1.165) is 18.4 Å². The standard InChI is InChI=1S/C23H26ClNO2/c24-19-11-7-17(8-12-19)23(26)18-9-13-22(14-10-18)27-16-21-6-3-15-25(21)20-4-1-2-5-20/h7-14,20-21H,1-6,15-16H2. The van der Waals surface area contributed by atoms with E-state index in [9.17, 15) is 4.79 Å². The van der Waals surface area contributed by atoms with E-state index in [1.54, 1.807) is 24.3 Å². The number of hydrogen-bond acceptors (Lipinski definition) is 3. The molecule has 0 spiro atoms. The Labute approximate surface area is 166 Å². The van der Waals surface area contributed by atoms with E-state index in [0.29, 0.717) is 22.2 Å². The van der Waals surface area contributed by atoms with E-state index in [-0.39, 0.29) is 5.78 Å². The lowest BCUT2D eigenvalue weighted by Crippen LogP contribution is -2.40. The van der Waals surface area contributed by atoms with Gasteiger partial charge in [-0.3, -0.25) is 9.69 Å². The van der Waals surface area contributed by atoms with Crippen LogP contribution in [-0.4, -0.2) is 35.9 Å². The monoisotopic (exact) mass is 383 g/mol. The summed E-state index contributed by atoms with van der Waals surface area (Å²) < 4.78 is 6.07. The van der Waals surface area contributed by atoms with Crippen LogP contribution in [0.5, 0.6) is 5.75 Å². The van der Waals surface area contributed by atoms with Crippen molar-refractivity contribution in [1.82, 2.24) is 4.90 Å². The molecule has 0 aromatic heterocycles. The fraction of sp³-hybridized carbons (Fsp3) is 0.435. The fourth-order valence-electron chi connectivity index (χ4n) is 4.42. The Balaban J connectivity index is 1.35. The van der Waals surface area contributed by atoms with Crippen LogP contribution in [0.2, 0.25) is 5.02 Å². The van der Waals surface area contributed by atoms with Crippen molar-refractivity contribution in [3.8, 4) is 5.75 Å². The van der Waals surface area contributed by atoms with Crippen LogP contribution in [0, 0.1) is 0 Å². The maximum Gasteiger partial charge on any atom is 0.193 e. The molecule has 1 atom stereocenters. The van der Waals surface area contributed by atoms with Crippen LogP contribution in [0.1, 0.15) is 54.4 Å². The number of likely N-dealkylation sites (tertiary alicyclic amines) is 1. The van der Waals surface area contributed by atoms with Gasteiger partial charge in [0.1, 0.15) is 12.4 Å². The molecule has 1 heterocycles. The van der Waals surface area contributed by atoms with Crippen molar-refractivity contribution < 1.29 is 9.53 Å². The predicted molar refractivity (Wildman–Crippen MR) is 109 cm³/mol. The highest BCUT2D eigenvalue weighted by Crippen LogP contribution is 2.30. The molecule has 0 bridgehead atoms. The minimum atomic E-state index is 0.00131. The third-order valence-electron chi connectivity index (χ3n) is 5.88. The first-order valence-electron chi connectivity index (χ1n) is 9.99. The smallest absolute Gasteiger partial charge is 0.193 e. The Morgan fingerprint density at radius 1 is 0.926 bits per heavy atom. The van der Waals surface area contributed by atoms with E-state index in [2.05, 4.69) is 4.90 Å². The normalized spacial score (nSPS) is 20.9. The molecule has 2 fully saturated rings. The van der Waals surface area contributed by atoms with Crippen molar-refractivity contribution in [1.29, 1.82) is 0 Å². The Morgan fingerprint density at radius 2 is 1.56 bits per heavy atom. The summed E-state index contributed by atoms with van der Waals surface area (Å²) in [5.74, 6) is 0.836. The predicted octanol–water partition coefficient (Wildman–Crippen LogP) is 5.36. The van der Waals surface area contributed by atoms with Gasteiger partial charge in [-0.1, -0.05) is 24.4 Å². The molecule has 2 aliphatic rings. The molecule has 2 aromatic rings. The Hall–Kier alpha value is -1.84. The van der Waals surface area contributed by atoms with Crippen LogP contribution in [0.15, 0.2) is 48.5 Å². The fourth-order valence-corrected chi connectivity index (χ4v) is 4.54. The third-order valence-corrected chi connectivity index (χ3v) is 6.13.